The van der Waals surface area contributed by atoms with E-state index in [2.05, 4.69) is 13.7 Å². The maximum absolute atomic E-state index is 13.2. The summed E-state index contributed by atoms with van der Waals surface area (Å²) >= 11 is 0.987. The van der Waals surface area contributed by atoms with E-state index in [9.17, 15) is 13.2 Å². The lowest BCUT2D eigenvalue weighted by atomic mass is 10.2. The van der Waals surface area contributed by atoms with E-state index in [-0.39, 0.29) is 17.3 Å². The number of carbonyl (C=O) groups is 1. The van der Waals surface area contributed by atoms with Gasteiger partial charge in [0, 0.05) is 32.7 Å². The largest absolute Gasteiger partial charge is 0.339 e. The van der Waals surface area contributed by atoms with Crippen molar-refractivity contribution in [2.45, 2.75) is 24.3 Å². The van der Waals surface area contributed by atoms with E-state index < -0.39 is 10.0 Å². The summed E-state index contributed by atoms with van der Waals surface area (Å²) in [4.78, 5) is 19.4. The molecule has 1 amide bonds. The van der Waals surface area contributed by atoms with Crippen LogP contribution in [0.25, 0.3) is 22.1 Å². The fourth-order valence-electron chi connectivity index (χ4n) is 4.07. The van der Waals surface area contributed by atoms with Gasteiger partial charge in [-0.25, -0.2) is 13.4 Å². The smallest absolute Gasteiger partial charge is 0.253 e. The molecular formula is C21H22N6O3S2. The summed E-state index contributed by atoms with van der Waals surface area (Å²) in [6, 6.07) is 10.4. The fourth-order valence-corrected chi connectivity index (χ4v) is 5.94. The molecule has 3 heterocycles. The van der Waals surface area contributed by atoms with Gasteiger partial charge in [-0.05, 0) is 43.2 Å². The number of benzene rings is 2. The zero-order valence-corrected chi connectivity index (χ0v) is 19.4. The third-order valence-corrected chi connectivity index (χ3v) is 8.29. The van der Waals surface area contributed by atoms with E-state index in [0.717, 1.165) is 43.2 Å². The van der Waals surface area contributed by atoms with Crippen LogP contribution in [0.4, 0.5) is 0 Å². The summed E-state index contributed by atoms with van der Waals surface area (Å²) in [5.41, 5.74) is 3.05. The van der Waals surface area contributed by atoms with Gasteiger partial charge < -0.3 is 9.47 Å². The molecule has 0 atom stereocenters. The van der Waals surface area contributed by atoms with Gasteiger partial charge in [0.2, 0.25) is 10.0 Å². The van der Waals surface area contributed by atoms with Crippen LogP contribution in [-0.2, 0) is 23.6 Å². The first-order chi connectivity index (χ1) is 15.4. The SMILES string of the molecule is CN(Cc1nc2cc(C(=O)N3CCCC3)ccc2n1C)S(=O)(=O)c1cccc2nsnc12. The molecule has 2 aromatic carbocycles. The number of sulfonamides is 1. The highest BCUT2D eigenvalue weighted by molar-refractivity contribution is 7.89. The molecule has 5 rings (SSSR count). The number of imidazole rings is 1. The van der Waals surface area contributed by atoms with E-state index in [1.807, 2.05) is 28.6 Å². The molecule has 0 N–H and O–H groups in total. The van der Waals surface area contributed by atoms with Crippen LogP contribution in [0.3, 0.4) is 0 Å². The Labute approximate surface area is 189 Å². The van der Waals surface area contributed by atoms with Crippen molar-refractivity contribution < 1.29 is 13.2 Å². The number of likely N-dealkylation sites (tertiary alicyclic amines) is 1. The van der Waals surface area contributed by atoms with Crippen molar-refractivity contribution in [1.82, 2.24) is 27.5 Å². The fraction of sp³-hybridized carbons (Fsp3) is 0.333. The van der Waals surface area contributed by atoms with E-state index in [0.29, 0.717) is 27.9 Å². The molecule has 2 aromatic heterocycles. The molecule has 32 heavy (non-hydrogen) atoms. The number of aryl methyl sites for hydroxylation is 1. The number of carbonyl (C=O) groups excluding carboxylic acids is 1. The van der Waals surface area contributed by atoms with Gasteiger partial charge in [0.25, 0.3) is 5.91 Å². The minimum absolute atomic E-state index is 0.0151. The van der Waals surface area contributed by atoms with Crippen molar-refractivity contribution in [2.75, 3.05) is 20.1 Å². The molecular weight excluding hydrogens is 448 g/mol. The summed E-state index contributed by atoms with van der Waals surface area (Å²) in [7, 11) is -0.428. The van der Waals surface area contributed by atoms with Crippen molar-refractivity contribution in [1.29, 1.82) is 0 Å². The second kappa shape index (κ2) is 7.91. The Balaban J connectivity index is 1.45. The average Bonchev–Trinajstić information content (AvgIpc) is 3.53. The average molecular weight is 471 g/mol. The molecule has 0 radical (unpaired) electrons. The van der Waals surface area contributed by atoms with Gasteiger partial charge >= 0.3 is 0 Å². The predicted octanol–water partition coefficient (Wildman–Crippen LogP) is 2.63. The van der Waals surface area contributed by atoms with Gasteiger partial charge in [-0.2, -0.15) is 13.1 Å². The Morgan fingerprint density at radius 2 is 1.91 bits per heavy atom. The Morgan fingerprint density at radius 1 is 1.12 bits per heavy atom. The molecule has 11 heteroatoms. The number of fused-ring (bicyclic) bond motifs is 2. The normalized spacial score (nSPS) is 14.8. The second-order valence-electron chi connectivity index (χ2n) is 7.94. The monoisotopic (exact) mass is 470 g/mol. The molecule has 1 aliphatic rings. The predicted molar refractivity (Wildman–Crippen MR) is 122 cm³/mol. The zero-order chi connectivity index (χ0) is 22.5. The third-order valence-electron chi connectivity index (χ3n) is 5.91. The van der Waals surface area contributed by atoms with Gasteiger partial charge in [0.1, 0.15) is 21.8 Å². The molecule has 4 aromatic rings. The molecule has 0 spiro atoms. The van der Waals surface area contributed by atoms with Crippen LogP contribution in [0.5, 0.6) is 0 Å². The molecule has 1 aliphatic heterocycles. The quantitative estimate of drug-likeness (QED) is 0.444. The number of nitrogens with zero attached hydrogens (tertiary/aromatic N) is 6. The van der Waals surface area contributed by atoms with Crippen LogP contribution in [0.15, 0.2) is 41.3 Å². The van der Waals surface area contributed by atoms with Gasteiger partial charge in [0.05, 0.1) is 29.3 Å². The molecule has 0 bridgehead atoms. The van der Waals surface area contributed by atoms with E-state index >= 15 is 0 Å². The minimum atomic E-state index is -3.80. The van der Waals surface area contributed by atoms with Gasteiger partial charge in [0.15, 0.2) is 0 Å². The molecule has 1 fully saturated rings. The van der Waals surface area contributed by atoms with E-state index in [1.54, 1.807) is 24.3 Å². The van der Waals surface area contributed by atoms with Crippen LogP contribution in [0.2, 0.25) is 0 Å². The topological polar surface area (TPSA) is 101 Å². The summed E-state index contributed by atoms with van der Waals surface area (Å²) in [5.74, 6) is 0.599. The minimum Gasteiger partial charge on any atom is -0.339 e. The van der Waals surface area contributed by atoms with Gasteiger partial charge in [-0.15, -0.1) is 0 Å². The Morgan fingerprint density at radius 3 is 2.69 bits per heavy atom. The van der Waals surface area contributed by atoms with Crippen LogP contribution in [0, 0.1) is 0 Å². The molecule has 0 aliphatic carbocycles. The summed E-state index contributed by atoms with van der Waals surface area (Å²) in [5, 5.41) is 0. The highest BCUT2D eigenvalue weighted by atomic mass is 32.2. The third kappa shape index (κ3) is 3.46. The lowest BCUT2D eigenvalue weighted by Gasteiger charge is -2.17. The van der Waals surface area contributed by atoms with Crippen LogP contribution >= 0.6 is 11.7 Å². The van der Waals surface area contributed by atoms with E-state index in [1.165, 1.54) is 11.4 Å². The lowest BCUT2D eigenvalue weighted by Crippen LogP contribution is -2.28. The zero-order valence-electron chi connectivity index (χ0n) is 17.7. The second-order valence-corrected chi connectivity index (χ2v) is 10.5. The van der Waals surface area contributed by atoms with Gasteiger partial charge in [-0.3, -0.25) is 4.79 Å². The van der Waals surface area contributed by atoms with Crippen molar-refractivity contribution in [3.8, 4) is 0 Å². The first kappa shape index (κ1) is 21.0. The summed E-state index contributed by atoms with van der Waals surface area (Å²) < 4.78 is 37.9. The molecule has 1 saturated heterocycles. The first-order valence-corrected chi connectivity index (χ1v) is 12.5. The van der Waals surface area contributed by atoms with Crippen molar-refractivity contribution in [3.63, 3.8) is 0 Å². The highest BCUT2D eigenvalue weighted by Gasteiger charge is 2.26. The Bertz CT molecular complexity index is 1440. The Kier molecular flexibility index (Phi) is 5.19. The number of amides is 1. The molecule has 9 nitrogen and oxygen atoms in total. The van der Waals surface area contributed by atoms with Crippen LogP contribution < -0.4 is 0 Å². The van der Waals surface area contributed by atoms with Crippen LogP contribution in [0.1, 0.15) is 29.0 Å². The van der Waals surface area contributed by atoms with Crippen molar-refractivity contribution >= 4 is 49.7 Å². The highest BCUT2D eigenvalue weighted by Crippen LogP contribution is 2.26. The van der Waals surface area contributed by atoms with E-state index in [4.69, 9.17) is 0 Å². The van der Waals surface area contributed by atoms with Crippen molar-refractivity contribution in [3.05, 3.63) is 47.8 Å². The first-order valence-electron chi connectivity index (χ1n) is 10.3. The summed E-state index contributed by atoms with van der Waals surface area (Å²) in [6.07, 6.45) is 2.07. The number of rotatable bonds is 5. The Hall–Kier alpha value is -2.89. The number of hydrogen-bond acceptors (Lipinski definition) is 7. The number of hydrogen-bond donors (Lipinski definition) is 0. The maximum Gasteiger partial charge on any atom is 0.253 e. The number of aromatic nitrogens is 4. The lowest BCUT2D eigenvalue weighted by molar-refractivity contribution is 0.0793. The standard InChI is InChI=1S/C21H22N6O3S2/c1-25(32(29,30)18-7-5-6-15-20(18)24-31-23-15)13-19-22-16-12-14(8-9-17(16)26(19)2)21(28)27-10-3-4-11-27/h5-9,12H,3-4,10-11,13H2,1-2H3. The maximum atomic E-state index is 13.2. The van der Waals surface area contributed by atoms with Crippen molar-refractivity contribution in [2.24, 2.45) is 7.05 Å². The summed E-state index contributed by atoms with van der Waals surface area (Å²) in [6.45, 7) is 1.65. The molecule has 0 saturated carbocycles. The molecule has 166 valence electrons. The van der Waals surface area contributed by atoms with Crippen LogP contribution in [-0.4, -0.2) is 62.0 Å². The molecule has 0 unspecified atom stereocenters. The van der Waals surface area contributed by atoms with Gasteiger partial charge in [-0.1, -0.05) is 6.07 Å².